The number of para-hydroxylation sites is 1. The van der Waals surface area contributed by atoms with Crippen molar-refractivity contribution in [2.24, 2.45) is 0 Å². The molecule has 7 nitrogen and oxygen atoms in total. The van der Waals surface area contributed by atoms with Gasteiger partial charge in [0.25, 0.3) is 11.8 Å². The zero-order chi connectivity index (χ0) is 18.8. The van der Waals surface area contributed by atoms with Gasteiger partial charge in [-0.2, -0.15) is 0 Å². The maximum Gasteiger partial charge on any atom is 0.267 e. The van der Waals surface area contributed by atoms with Crippen molar-refractivity contribution in [3.05, 3.63) is 71.3 Å². The highest BCUT2D eigenvalue weighted by Gasteiger charge is 2.07. The number of rotatable bonds is 8. The molecule has 0 spiro atoms. The quantitative estimate of drug-likeness (QED) is 0.161. The maximum absolute atomic E-state index is 12.0. The van der Waals surface area contributed by atoms with Gasteiger partial charge in [0.15, 0.2) is 0 Å². The third kappa shape index (κ3) is 6.04. The minimum atomic E-state index is -0.574. The summed E-state index contributed by atoms with van der Waals surface area (Å²) in [5, 5.41) is 14.5. The molecule has 2 amide bonds. The average molecular weight is 354 g/mol. The molecule has 0 saturated heterocycles. The number of carbonyl (C=O) groups excluding carboxylic acids is 2. The van der Waals surface area contributed by atoms with Crippen LogP contribution in [0.25, 0.3) is 6.08 Å². The van der Waals surface area contributed by atoms with Gasteiger partial charge in [-0.3, -0.25) is 14.8 Å². The number of nitrogens with one attached hydrogen (secondary N) is 3. The van der Waals surface area contributed by atoms with Crippen LogP contribution in [0.3, 0.4) is 0 Å². The van der Waals surface area contributed by atoms with Crippen LogP contribution in [0.4, 0.5) is 5.69 Å². The number of hydrogen-bond acceptors (Lipinski definition) is 5. The normalized spacial score (nSPS) is 10.7. The van der Waals surface area contributed by atoms with Gasteiger partial charge >= 0.3 is 0 Å². The number of benzene rings is 2. The van der Waals surface area contributed by atoms with Crippen LogP contribution in [0, 0.1) is 0 Å². The second kappa shape index (κ2) is 9.97. The fourth-order valence-electron chi connectivity index (χ4n) is 2.25. The van der Waals surface area contributed by atoms with Gasteiger partial charge in [0.05, 0.1) is 5.56 Å². The van der Waals surface area contributed by atoms with E-state index in [0.717, 1.165) is 11.1 Å². The first kappa shape index (κ1) is 19.2. The van der Waals surface area contributed by atoms with Crippen LogP contribution in [-0.2, 0) is 11.3 Å². The summed E-state index contributed by atoms with van der Waals surface area (Å²) in [5.74, 6) is -0.761. The van der Waals surface area contributed by atoms with Gasteiger partial charge in [-0.15, -0.1) is 0 Å². The second-order valence-electron chi connectivity index (χ2n) is 5.57. The molecule has 2 rings (SSSR count). The van der Waals surface area contributed by atoms with Gasteiger partial charge in [0, 0.05) is 31.4 Å². The van der Waals surface area contributed by atoms with E-state index in [2.05, 4.69) is 10.6 Å². The molecular formula is C19H22N4O3. The largest absolute Gasteiger partial charge is 0.398 e. The maximum atomic E-state index is 12.0. The number of nitrogen functional groups attached to an aromatic ring is 1. The van der Waals surface area contributed by atoms with Crippen molar-refractivity contribution in [1.82, 2.24) is 16.1 Å². The summed E-state index contributed by atoms with van der Waals surface area (Å²) in [6, 6.07) is 14.6. The van der Waals surface area contributed by atoms with E-state index >= 15 is 0 Å². The van der Waals surface area contributed by atoms with Crippen LogP contribution in [0.1, 0.15) is 21.5 Å². The van der Waals surface area contributed by atoms with Gasteiger partial charge in [-0.1, -0.05) is 36.4 Å². The summed E-state index contributed by atoms with van der Waals surface area (Å²) in [7, 11) is 0. The second-order valence-corrected chi connectivity index (χ2v) is 5.57. The molecule has 0 aliphatic carbocycles. The van der Waals surface area contributed by atoms with Gasteiger partial charge < -0.3 is 16.4 Å². The molecule has 7 heteroatoms. The van der Waals surface area contributed by atoms with Gasteiger partial charge in [-0.25, -0.2) is 5.48 Å². The minimum absolute atomic E-state index is 0.187. The fourth-order valence-corrected chi connectivity index (χ4v) is 2.25. The Morgan fingerprint density at radius 1 is 1.04 bits per heavy atom. The standard InChI is InChI=1S/C19H22N4O3/c20-17-4-2-1-3-16(17)19(25)22-12-11-21-13-15-7-5-14(6-8-15)9-10-18(24)23-26/h1-10,21,26H,11-13,20H2,(H,22,25)(H,23,24). The van der Waals surface area contributed by atoms with Crippen molar-refractivity contribution in [3.63, 3.8) is 0 Å². The zero-order valence-corrected chi connectivity index (χ0v) is 14.2. The summed E-state index contributed by atoms with van der Waals surface area (Å²) in [6.45, 7) is 1.77. The highest BCUT2D eigenvalue weighted by Crippen LogP contribution is 2.09. The number of anilines is 1. The molecule has 0 bridgehead atoms. The molecule has 0 radical (unpaired) electrons. The number of carbonyl (C=O) groups is 2. The third-order valence-electron chi connectivity index (χ3n) is 3.64. The van der Waals surface area contributed by atoms with Crippen molar-refractivity contribution in [1.29, 1.82) is 0 Å². The lowest BCUT2D eigenvalue weighted by Crippen LogP contribution is -2.32. The van der Waals surface area contributed by atoms with E-state index in [0.29, 0.717) is 30.9 Å². The average Bonchev–Trinajstić information content (AvgIpc) is 2.67. The Kier molecular flexibility index (Phi) is 7.35. The summed E-state index contributed by atoms with van der Waals surface area (Å²) < 4.78 is 0. The Bertz CT molecular complexity index is 773. The van der Waals surface area contributed by atoms with Gasteiger partial charge in [0.2, 0.25) is 0 Å². The fraction of sp³-hybridized carbons (Fsp3) is 0.158. The predicted molar refractivity (Wildman–Crippen MR) is 100 cm³/mol. The molecule has 0 aliphatic rings. The van der Waals surface area contributed by atoms with Crippen LogP contribution in [0.2, 0.25) is 0 Å². The Balaban J connectivity index is 1.70. The molecule has 0 atom stereocenters. The van der Waals surface area contributed by atoms with Gasteiger partial charge in [0.1, 0.15) is 0 Å². The third-order valence-corrected chi connectivity index (χ3v) is 3.64. The first-order chi connectivity index (χ1) is 12.6. The number of nitrogens with two attached hydrogens (primary N) is 1. The molecule has 2 aromatic rings. The van der Waals surface area contributed by atoms with Crippen molar-refractivity contribution >= 4 is 23.6 Å². The smallest absolute Gasteiger partial charge is 0.267 e. The molecule has 6 N–H and O–H groups in total. The van der Waals surface area contributed by atoms with Crippen LogP contribution in [-0.4, -0.2) is 30.1 Å². The lowest BCUT2D eigenvalue weighted by atomic mass is 10.1. The van der Waals surface area contributed by atoms with E-state index < -0.39 is 5.91 Å². The molecule has 0 heterocycles. The molecule has 0 fully saturated rings. The van der Waals surface area contributed by atoms with Crippen molar-refractivity contribution in [2.75, 3.05) is 18.8 Å². The Labute approximate surface area is 151 Å². The van der Waals surface area contributed by atoms with Gasteiger partial charge in [-0.05, 0) is 29.3 Å². The monoisotopic (exact) mass is 354 g/mol. The molecule has 136 valence electrons. The van der Waals surface area contributed by atoms with Crippen LogP contribution >= 0.6 is 0 Å². The SMILES string of the molecule is Nc1ccccc1C(=O)NCCNCc1ccc(C=CC(=O)NO)cc1. The predicted octanol–water partition coefficient (Wildman–Crippen LogP) is 1.31. The highest BCUT2D eigenvalue weighted by atomic mass is 16.5. The van der Waals surface area contributed by atoms with Crippen LogP contribution in [0.15, 0.2) is 54.6 Å². The molecule has 2 aromatic carbocycles. The van der Waals surface area contributed by atoms with Crippen LogP contribution in [0.5, 0.6) is 0 Å². The topological polar surface area (TPSA) is 116 Å². The minimum Gasteiger partial charge on any atom is -0.398 e. The molecule has 0 aliphatic heterocycles. The highest BCUT2D eigenvalue weighted by molar-refractivity contribution is 5.99. The number of hydroxylamine groups is 1. The summed E-state index contributed by atoms with van der Waals surface area (Å²) >= 11 is 0. The van der Waals surface area contributed by atoms with E-state index in [9.17, 15) is 9.59 Å². The number of hydrogen-bond donors (Lipinski definition) is 5. The van der Waals surface area contributed by atoms with Crippen molar-refractivity contribution < 1.29 is 14.8 Å². The summed E-state index contributed by atoms with van der Waals surface area (Å²) in [5.41, 5.74) is 10.2. The first-order valence-corrected chi connectivity index (χ1v) is 8.14. The molecule has 0 aromatic heterocycles. The van der Waals surface area contributed by atoms with E-state index in [1.165, 1.54) is 11.6 Å². The zero-order valence-electron chi connectivity index (χ0n) is 14.2. The van der Waals surface area contributed by atoms with E-state index in [4.69, 9.17) is 10.9 Å². The summed E-state index contributed by atoms with van der Waals surface area (Å²) in [4.78, 5) is 22.9. The van der Waals surface area contributed by atoms with E-state index in [1.54, 1.807) is 30.3 Å². The molecule has 0 unspecified atom stereocenters. The molecular weight excluding hydrogens is 332 g/mol. The Morgan fingerprint density at radius 3 is 2.46 bits per heavy atom. The van der Waals surface area contributed by atoms with Crippen molar-refractivity contribution in [3.8, 4) is 0 Å². The lowest BCUT2D eigenvalue weighted by molar-refractivity contribution is -0.124. The molecule has 0 saturated carbocycles. The first-order valence-electron chi connectivity index (χ1n) is 8.14. The van der Waals surface area contributed by atoms with Crippen molar-refractivity contribution in [2.45, 2.75) is 6.54 Å². The lowest BCUT2D eigenvalue weighted by Gasteiger charge is -2.08. The Hall–Kier alpha value is -3.16. The Morgan fingerprint density at radius 2 is 1.77 bits per heavy atom. The number of amides is 2. The van der Waals surface area contributed by atoms with Crippen LogP contribution < -0.4 is 21.8 Å². The molecule has 26 heavy (non-hydrogen) atoms. The van der Waals surface area contributed by atoms with E-state index in [-0.39, 0.29) is 5.91 Å². The summed E-state index contributed by atoms with van der Waals surface area (Å²) in [6.07, 6.45) is 2.85. The van der Waals surface area contributed by atoms with E-state index in [1.807, 2.05) is 24.3 Å².